The molecule has 30 heavy (non-hydrogen) atoms. The summed E-state index contributed by atoms with van der Waals surface area (Å²) in [6.45, 7) is 2.62. The van der Waals surface area contributed by atoms with Gasteiger partial charge in [0.2, 0.25) is 0 Å². The Bertz CT molecular complexity index is 1170. The van der Waals surface area contributed by atoms with Gasteiger partial charge in [-0.3, -0.25) is 14.2 Å². The minimum absolute atomic E-state index is 0.111. The van der Waals surface area contributed by atoms with Gasteiger partial charge in [-0.1, -0.05) is 54.7 Å². The fourth-order valence-electron chi connectivity index (χ4n) is 2.97. The Labute approximate surface area is 183 Å². The second-order valence-corrected chi connectivity index (χ2v) is 7.67. The van der Waals surface area contributed by atoms with Gasteiger partial charge in [0.25, 0.3) is 11.5 Å². The third-order valence-corrected chi connectivity index (χ3v) is 5.07. The number of halogens is 2. The van der Waals surface area contributed by atoms with Crippen LogP contribution in [0.5, 0.6) is 0 Å². The van der Waals surface area contributed by atoms with Crippen LogP contribution < -0.4 is 16.6 Å². The van der Waals surface area contributed by atoms with E-state index in [4.69, 9.17) is 23.2 Å². The average molecular weight is 446 g/mol. The molecule has 156 valence electrons. The van der Waals surface area contributed by atoms with E-state index in [1.165, 1.54) is 16.8 Å². The van der Waals surface area contributed by atoms with Crippen LogP contribution in [0.25, 0.3) is 5.69 Å². The number of nitrogens with one attached hydrogen (secondary N) is 1. The van der Waals surface area contributed by atoms with E-state index in [9.17, 15) is 14.4 Å². The van der Waals surface area contributed by atoms with Crippen molar-refractivity contribution < 1.29 is 4.79 Å². The number of carbonyl (C=O) groups excluding carboxylic acids is 1. The maximum Gasteiger partial charge on any atom is 0.335 e. The predicted molar refractivity (Wildman–Crippen MR) is 119 cm³/mol. The van der Waals surface area contributed by atoms with Gasteiger partial charge in [0, 0.05) is 29.3 Å². The summed E-state index contributed by atoms with van der Waals surface area (Å²) in [7, 11) is 0. The van der Waals surface area contributed by atoms with Crippen LogP contribution in [0.15, 0.2) is 64.3 Å². The lowest BCUT2D eigenvalue weighted by Gasteiger charge is -2.13. The van der Waals surface area contributed by atoms with Crippen molar-refractivity contribution in [3.05, 3.63) is 96.7 Å². The molecule has 1 heterocycles. The quantitative estimate of drug-likeness (QED) is 0.596. The Morgan fingerprint density at radius 1 is 1.03 bits per heavy atom. The van der Waals surface area contributed by atoms with Crippen LogP contribution in [0.1, 0.15) is 35.7 Å². The number of benzene rings is 2. The lowest BCUT2D eigenvalue weighted by Crippen LogP contribution is -2.43. The normalized spacial score (nSPS) is 10.8. The van der Waals surface area contributed by atoms with Crippen LogP contribution in [-0.2, 0) is 13.1 Å². The van der Waals surface area contributed by atoms with Crippen molar-refractivity contribution in [1.29, 1.82) is 0 Å². The van der Waals surface area contributed by atoms with Crippen molar-refractivity contribution in [3.63, 3.8) is 0 Å². The van der Waals surface area contributed by atoms with E-state index >= 15 is 0 Å². The first-order valence-electron chi connectivity index (χ1n) is 9.55. The van der Waals surface area contributed by atoms with Crippen molar-refractivity contribution in [3.8, 4) is 5.69 Å². The molecule has 0 bridgehead atoms. The molecular formula is C22H21Cl2N3O3. The third-order valence-electron chi connectivity index (χ3n) is 4.59. The zero-order valence-electron chi connectivity index (χ0n) is 16.4. The Kier molecular flexibility index (Phi) is 7.13. The Morgan fingerprint density at radius 3 is 2.43 bits per heavy atom. The number of carbonyl (C=O) groups is 1. The van der Waals surface area contributed by atoms with Crippen LogP contribution in [0.2, 0.25) is 10.0 Å². The molecule has 2 aromatic carbocycles. The van der Waals surface area contributed by atoms with Gasteiger partial charge in [-0.2, -0.15) is 0 Å². The van der Waals surface area contributed by atoms with E-state index in [1.807, 2.05) is 6.92 Å². The minimum Gasteiger partial charge on any atom is -0.348 e. The molecule has 0 aliphatic heterocycles. The monoisotopic (exact) mass is 445 g/mol. The first-order valence-corrected chi connectivity index (χ1v) is 10.3. The van der Waals surface area contributed by atoms with Crippen LogP contribution in [0, 0.1) is 0 Å². The molecule has 1 amide bonds. The maximum atomic E-state index is 13.1. The molecule has 0 atom stereocenters. The molecule has 0 aliphatic rings. The minimum atomic E-state index is -0.691. The van der Waals surface area contributed by atoms with Gasteiger partial charge in [-0.05, 0) is 42.3 Å². The number of hydrogen-bond donors (Lipinski definition) is 1. The number of unbranched alkanes of at least 4 members (excludes halogenated alkanes) is 1. The first-order chi connectivity index (χ1) is 14.4. The number of aromatic nitrogens is 2. The Balaban J connectivity index is 2.01. The number of nitrogens with zero attached hydrogens (tertiary/aromatic N) is 2. The maximum absolute atomic E-state index is 13.1. The summed E-state index contributed by atoms with van der Waals surface area (Å²) in [5.41, 5.74) is -0.162. The fraction of sp³-hybridized carbons (Fsp3) is 0.227. The zero-order valence-corrected chi connectivity index (χ0v) is 17.9. The summed E-state index contributed by atoms with van der Waals surface area (Å²) in [5.74, 6) is -0.559. The van der Waals surface area contributed by atoms with Gasteiger partial charge >= 0.3 is 5.69 Å². The average Bonchev–Trinajstić information content (AvgIpc) is 2.73. The summed E-state index contributed by atoms with van der Waals surface area (Å²) in [4.78, 5) is 38.8. The first kappa shape index (κ1) is 21.9. The van der Waals surface area contributed by atoms with E-state index in [0.717, 1.165) is 23.0 Å². The number of aryl methyl sites for hydroxylation is 1. The van der Waals surface area contributed by atoms with Crippen molar-refractivity contribution in [2.24, 2.45) is 0 Å². The van der Waals surface area contributed by atoms with Gasteiger partial charge in [0.1, 0.15) is 5.56 Å². The van der Waals surface area contributed by atoms with Crippen molar-refractivity contribution in [2.75, 3.05) is 0 Å². The highest BCUT2D eigenvalue weighted by molar-refractivity contribution is 6.30. The summed E-state index contributed by atoms with van der Waals surface area (Å²) in [6.07, 6.45) is 2.93. The molecule has 3 aromatic rings. The van der Waals surface area contributed by atoms with Gasteiger partial charge in [-0.15, -0.1) is 0 Å². The second kappa shape index (κ2) is 9.78. The molecule has 0 fully saturated rings. The van der Waals surface area contributed by atoms with Gasteiger partial charge in [0.15, 0.2) is 0 Å². The zero-order chi connectivity index (χ0) is 21.7. The molecule has 0 saturated carbocycles. The molecule has 3 rings (SSSR count). The van der Waals surface area contributed by atoms with Crippen LogP contribution in [0.3, 0.4) is 0 Å². The molecule has 0 saturated heterocycles. The van der Waals surface area contributed by atoms with Gasteiger partial charge in [-0.25, -0.2) is 9.36 Å². The summed E-state index contributed by atoms with van der Waals surface area (Å²) < 4.78 is 2.38. The standard InChI is InChI=1S/C22H21Cl2N3O3/c1-2-3-11-26-14-19(20(28)25-13-15-7-9-16(23)10-8-15)21(29)27(22(26)30)18-6-4-5-17(24)12-18/h4-10,12,14H,2-3,11,13H2,1H3,(H,25,28). The van der Waals surface area contributed by atoms with E-state index in [0.29, 0.717) is 22.3 Å². The molecule has 0 aliphatic carbocycles. The molecule has 1 aromatic heterocycles. The van der Waals surface area contributed by atoms with E-state index in [1.54, 1.807) is 42.5 Å². The second-order valence-electron chi connectivity index (χ2n) is 6.80. The Hall–Kier alpha value is -2.83. The Morgan fingerprint density at radius 2 is 1.77 bits per heavy atom. The lowest BCUT2D eigenvalue weighted by molar-refractivity contribution is 0.0948. The highest BCUT2D eigenvalue weighted by Gasteiger charge is 2.18. The molecule has 1 N–H and O–H groups in total. The molecule has 0 unspecified atom stereocenters. The topological polar surface area (TPSA) is 73.1 Å². The molecule has 0 radical (unpaired) electrons. The van der Waals surface area contributed by atoms with Gasteiger partial charge < -0.3 is 5.32 Å². The van der Waals surface area contributed by atoms with E-state index < -0.39 is 17.2 Å². The molecule has 6 nitrogen and oxygen atoms in total. The summed E-state index contributed by atoms with van der Waals surface area (Å²) in [5, 5.41) is 3.71. The highest BCUT2D eigenvalue weighted by Crippen LogP contribution is 2.13. The third kappa shape index (κ3) is 5.01. The fourth-order valence-corrected chi connectivity index (χ4v) is 3.28. The smallest absolute Gasteiger partial charge is 0.335 e. The number of hydrogen-bond acceptors (Lipinski definition) is 3. The SMILES string of the molecule is CCCCn1cc(C(=O)NCc2ccc(Cl)cc2)c(=O)n(-c2cccc(Cl)c2)c1=O. The number of rotatable bonds is 7. The lowest BCUT2D eigenvalue weighted by atomic mass is 10.2. The summed E-state index contributed by atoms with van der Waals surface area (Å²) >= 11 is 11.9. The molecule has 0 spiro atoms. The van der Waals surface area contributed by atoms with E-state index in [-0.39, 0.29) is 12.1 Å². The highest BCUT2D eigenvalue weighted by atomic mass is 35.5. The van der Waals surface area contributed by atoms with Crippen LogP contribution in [0.4, 0.5) is 0 Å². The molecule has 8 heteroatoms. The van der Waals surface area contributed by atoms with Crippen molar-refractivity contribution in [2.45, 2.75) is 32.9 Å². The summed E-state index contributed by atoms with van der Waals surface area (Å²) in [6, 6.07) is 13.4. The van der Waals surface area contributed by atoms with E-state index in [2.05, 4.69) is 5.32 Å². The predicted octanol–water partition coefficient (Wildman–Crippen LogP) is 4.04. The van der Waals surface area contributed by atoms with Crippen LogP contribution in [-0.4, -0.2) is 15.0 Å². The number of amides is 1. The van der Waals surface area contributed by atoms with Crippen molar-refractivity contribution >= 4 is 29.1 Å². The van der Waals surface area contributed by atoms with Crippen molar-refractivity contribution in [1.82, 2.24) is 14.5 Å². The largest absolute Gasteiger partial charge is 0.348 e. The van der Waals surface area contributed by atoms with Crippen LogP contribution >= 0.6 is 23.2 Å². The molecular weight excluding hydrogens is 425 g/mol. The van der Waals surface area contributed by atoms with Gasteiger partial charge in [0.05, 0.1) is 5.69 Å².